The molecule has 0 radical (unpaired) electrons. The molecule has 1 aliphatic rings. The molecule has 144 valence electrons. The average Bonchev–Trinajstić information content (AvgIpc) is 2.99. The lowest BCUT2D eigenvalue weighted by Gasteiger charge is -2.28. The highest BCUT2D eigenvalue weighted by Crippen LogP contribution is 2.49. The number of nitrogens with zero attached hydrogens (tertiary/aromatic N) is 2. The van der Waals surface area contributed by atoms with Crippen LogP contribution in [-0.4, -0.2) is 19.7 Å². The largest absolute Gasteiger partial charge is 0.497 e. The normalized spacial score (nSPS) is 17.4. The number of fused-ring (bicyclic) bond motifs is 1. The monoisotopic (exact) mass is 377 g/mol. The van der Waals surface area contributed by atoms with E-state index in [0.29, 0.717) is 11.4 Å². The Balaban J connectivity index is 1.96. The molecular formula is C22H23N3O3. The predicted molar refractivity (Wildman–Crippen MR) is 108 cm³/mol. The molecule has 0 spiro atoms. The molecule has 1 heterocycles. The predicted octanol–water partition coefficient (Wildman–Crippen LogP) is 4.97. The molecule has 3 rings (SSSR count). The molecule has 0 fully saturated rings. The quantitative estimate of drug-likeness (QED) is 0.745. The molecule has 1 N–H and O–H groups in total. The van der Waals surface area contributed by atoms with Crippen molar-refractivity contribution < 1.29 is 14.3 Å². The zero-order valence-electron chi connectivity index (χ0n) is 16.2. The first-order valence-electron chi connectivity index (χ1n) is 9.07. The van der Waals surface area contributed by atoms with E-state index < -0.39 is 6.09 Å². The standard InChI is InChI=1S/C22H23N3O3/c1-5-25-20-12-17(27-4)9-10-18(20)19(13-23)21(25)15-7-6-8-16(11-15)24-22(26)28-14(2)3/h6-12,19,21H,2,5H2,1,3-4H3,(H,24,26). The fourth-order valence-electron chi connectivity index (χ4n) is 3.64. The van der Waals surface area contributed by atoms with Crippen molar-refractivity contribution in [3.63, 3.8) is 0 Å². The zero-order valence-corrected chi connectivity index (χ0v) is 16.2. The lowest BCUT2D eigenvalue weighted by atomic mass is 9.91. The van der Waals surface area contributed by atoms with Gasteiger partial charge in [0.25, 0.3) is 0 Å². The number of ether oxygens (including phenoxy) is 2. The number of nitriles is 1. The fraction of sp³-hybridized carbons (Fsp3) is 0.273. The first-order chi connectivity index (χ1) is 13.5. The number of carbonyl (C=O) groups excluding carboxylic acids is 1. The molecule has 0 aromatic heterocycles. The topological polar surface area (TPSA) is 74.6 Å². The van der Waals surface area contributed by atoms with E-state index in [1.165, 1.54) is 0 Å². The van der Waals surface area contributed by atoms with E-state index in [9.17, 15) is 10.1 Å². The molecule has 2 unspecified atom stereocenters. The highest BCUT2D eigenvalue weighted by molar-refractivity contribution is 5.85. The van der Waals surface area contributed by atoms with Gasteiger partial charge in [-0.2, -0.15) is 5.26 Å². The second-order valence-electron chi connectivity index (χ2n) is 6.60. The number of nitrogens with one attached hydrogen (secondary N) is 1. The molecule has 0 bridgehead atoms. The van der Waals surface area contributed by atoms with Gasteiger partial charge in [0.1, 0.15) is 5.75 Å². The van der Waals surface area contributed by atoms with E-state index in [4.69, 9.17) is 9.47 Å². The summed E-state index contributed by atoms with van der Waals surface area (Å²) in [6, 6.07) is 15.6. The van der Waals surface area contributed by atoms with Crippen LogP contribution in [0.1, 0.15) is 36.9 Å². The van der Waals surface area contributed by atoms with Gasteiger partial charge in [0.2, 0.25) is 0 Å². The van der Waals surface area contributed by atoms with Gasteiger partial charge in [-0.1, -0.05) is 24.8 Å². The summed E-state index contributed by atoms with van der Waals surface area (Å²) in [5.41, 5.74) is 3.52. The van der Waals surface area contributed by atoms with Crippen LogP contribution in [0.2, 0.25) is 0 Å². The summed E-state index contributed by atoms with van der Waals surface area (Å²) in [5.74, 6) is 0.751. The summed E-state index contributed by atoms with van der Waals surface area (Å²) in [5, 5.41) is 12.6. The summed E-state index contributed by atoms with van der Waals surface area (Å²) >= 11 is 0. The maximum absolute atomic E-state index is 11.9. The summed E-state index contributed by atoms with van der Waals surface area (Å²) in [7, 11) is 1.63. The number of hydrogen-bond donors (Lipinski definition) is 1. The van der Waals surface area contributed by atoms with E-state index in [-0.39, 0.29) is 12.0 Å². The van der Waals surface area contributed by atoms with Crippen LogP contribution in [0.3, 0.4) is 0 Å². The number of likely N-dealkylation sites (N-methyl/N-ethyl adjacent to an activating group) is 1. The first kappa shape index (κ1) is 19.3. The fourth-order valence-corrected chi connectivity index (χ4v) is 3.64. The van der Waals surface area contributed by atoms with Gasteiger partial charge < -0.3 is 14.4 Å². The second-order valence-corrected chi connectivity index (χ2v) is 6.60. The van der Waals surface area contributed by atoms with Gasteiger partial charge in [-0.3, -0.25) is 5.32 Å². The second kappa shape index (κ2) is 8.05. The Morgan fingerprint density at radius 3 is 2.75 bits per heavy atom. The molecule has 2 aromatic carbocycles. The van der Waals surface area contributed by atoms with Crippen molar-refractivity contribution in [1.82, 2.24) is 0 Å². The molecule has 2 aromatic rings. The number of anilines is 2. The van der Waals surface area contributed by atoms with Gasteiger partial charge in [-0.25, -0.2) is 4.79 Å². The van der Waals surface area contributed by atoms with Crippen molar-refractivity contribution in [3.8, 4) is 11.8 Å². The Hall–Kier alpha value is -3.46. The number of benzene rings is 2. The lowest BCUT2D eigenvalue weighted by molar-refractivity contribution is 0.192. The highest BCUT2D eigenvalue weighted by Gasteiger charge is 2.39. The highest BCUT2D eigenvalue weighted by atomic mass is 16.6. The van der Waals surface area contributed by atoms with Gasteiger partial charge in [0.15, 0.2) is 0 Å². The third-order valence-corrected chi connectivity index (χ3v) is 4.75. The maximum atomic E-state index is 11.9. The average molecular weight is 377 g/mol. The summed E-state index contributed by atoms with van der Waals surface area (Å²) in [4.78, 5) is 14.1. The number of methoxy groups -OCH3 is 1. The van der Waals surface area contributed by atoms with Crippen LogP contribution in [0.5, 0.6) is 5.75 Å². The third kappa shape index (κ3) is 3.65. The van der Waals surface area contributed by atoms with Crippen LogP contribution in [0.25, 0.3) is 0 Å². The van der Waals surface area contributed by atoms with Gasteiger partial charge in [0, 0.05) is 24.0 Å². The molecule has 2 atom stereocenters. The van der Waals surface area contributed by atoms with Gasteiger partial charge in [0.05, 0.1) is 30.9 Å². The van der Waals surface area contributed by atoms with E-state index in [2.05, 4.69) is 29.8 Å². The minimum atomic E-state index is -0.590. The van der Waals surface area contributed by atoms with E-state index in [1.807, 2.05) is 36.4 Å². The maximum Gasteiger partial charge on any atom is 0.416 e. The van der Waals surface area contributed by atoms with E-state index in [1.54, 1.807) is 20.1 Å². The van der Waals surface area contributed by atoms with Crippen LogP contribution in [0.15, 0.2) is 54.8 Å². The van der Waals surface area contributed by atoms with Crippen molar-refractivity contribution in [3.05, 3.63) is 65.9 Å². The van der Waals surface area contributed by atoms with Gasteiger partial charge >= 0.3 is 6.09 Å². The van der Waals surface area contributed by atoms with Crippen molar-refractivity contribution in [2.45, 2.75) is 25.8 Å². The summed E-state index contributed by atoms with van der Waals surface area (Å²) < 4.78 is 10.3. The molecule has 6 nitrogen and oxygen atoms in total. The van der Waals surface area contributed by atoms with Crippen LogP contribution in [-0.2, 0) is 4.74 Å². The SMILES string of the molecule is C=C(C)OC(=O)Nc1cccc(C2C(C#N)c3ccc(OC)cc3N2CC)c1. The molecule has 0 saturated heterocycles. The lowest BCUT2D eigenvalue weighted by Crippen LogP contribution is -2.26. The van der Waals surface area contributed by atoms with E-state index in [0.717, 1.165) is 29.1 Å². The Morgan fingerprint density at radius 2 is 2.11 bits per heavy atom. The van der Waals surface area contributed by atoms with Gasteiger partial charge in [-0.15, -0.1) is 0 Å². The smallest absolute Gasteiger partial charge is 0.416 e. The summed E-state index contributed by atoms with van der Waals surface area (Å²) in [6.45, 7) is 7.96. The molecule has 6 heteroatoms. The minimum Gasteiger partial charge on any atom is -0.497 e. The summed E-state index contributed by atoms with van der Waals surface area (Å²) in [6.07, 6.45) is -0.590. The number of hydrogen-bond acceptors (Lipinski definition) is 5. The number of carbonyl (C=O) groups is 1. The zero-order chi connectivity index (χ0) is 20.3. The molecule has 28 heavy (non-hydrogen) atoms. The van der Waals surface area contributed by atoms with Crippen LogP contribution >= 0.6 is 0 Å². The minimum absolute atomic E-state index is 0.156. The Kier molecular flexibility index (Phi) is 5.55. The number of amides is 1. The Morgan fingerprint density at radius 1 is 1.32 bits per heavy atom. The third-order valence-electron chi connectivity index (χ3n) is 4.75. The molecule has 0 saturated carbocycles. The van der Waals surface area contributed by atoms with Crippen molar-refractivity contribution >= 4 is 17.5 Å². The van der Waals surface area contributed by atoms with Crippen LogP contribution in [0.4, 0.5) is 16.2 Å². The van der Waals surface area contributed by atoms with Crippen molar-refractivity contribution in [2.75, 3.05) is 23.9 Å². The Labute approximate surface area is 165 Å². The molecule has 1 aliphatic heterocycles. The van der Waals surface area contributed by atoms with Crippen molar-refractivity contribution in [2.24, 2.45) is 0 Å². The number of rotatable bonds is 5. The van der Waals surface area contributed by atoms with E-state index >= 15 is 0 Å². The van der Waals surface area contributed by atoms with Gasteiger partial charge in [-0.05, 0) is 43.2 Å². The molecule has 0 aliphatic carbocycles. The first-order valence-corrected chi connectivity index (χ1v) is 9.07. The van der Waals surface area contributed by atoms with Crippen molar-refractivity contribution in [1.29, 1.82) is 5.26 Å². The van der Waals surface area contributed by atoms with Crippen LogP contribution in [0, 0.1) is 11.3 Å². The molecular weight excluding hydrogens is 354 g/mol. The molecule has 1 amide bonds. The Bertz CT molecular complexity index is 948. The number of allylic oxidation sites excluding steroid dienone is 1. The van der Waals surface area contributed by atoms with Crippen LogP contribution < -0.4 is 15.0 Å².